The summed E-state index contributed by atoms with van der Waals surface area (Å²) in [6, 6.07) is 0. The van der Waals surface area contributed by atoms with Crippen molar-refractivity contribution in [2.45, 2.75) is 38.9 Å². The van der Waals surface area contributed by atoms with Crippen LogP contribution in [0.15, 0.2) is 60.9 Å². The number of aliphatic hydroxyl groups is 1. The first kappa shape index (κ1) is 26.5. The second kappa shape index (κ2) is 10.0. The van der Waals surface area contributed by atoms with Crippen molar-refractivity contribution in [2.24, 2.45) is 40.9 Å². The Bertz CT molecular complexity index is 1160. The molecule has 9 heteroatoms. The van der Waals surface area contributed by atoms with E-state index in [2.05, 4.69) is 6.58 Å². The molecule has 196 valence electrons. The van der Waals surface area contributed by atoms with Gasteiger partial charge in [0.1, 0.15) is 6.10 Å². The molecule has 9 nitrogen and oxygen atoms in total. The highest BCUT2D eigenvalue weighted by molar-refractivity contribution is 6.31. The highest BCUT2D eigenvalue weighted by Crippen LogP contribution is 2.57. The Labute approximate surface area is 214 Å². The van der Waals surface area contributed by atoms with Crippen LogP contribution in [-0.2, 0) is 33.4 Å². The Kier molecular flexibility index (Phi) is 7.19. The predicted molar refractivity (Wildman–Crippen MR) is 129 cm³/mol. The number of hydrogen-bond acceptors (Lipinski definition) is 8. The van der Waals surface area contributed by atoms with Crippen molar-refractivity contribution in [1.29, 1.82) is 0 Å². The Morgan fingerprint density at radius 2 is 1.84 bits per heavy atom. The van der Waals surface area contributed by atoms with Gasteiger partial charge in [-0.05, 0) is 24.7 Å². The van der Waals surface area contributed by atoms with E-state index in [1.54, 1.807) is 25.2 Å². The van der Waals surface area contributed by atoms with E-state index in [-0.39, 0.29) is 17.6 Å². The molecule has 1 spiro atoms. The summed E-state index contributed by atoms with van der Waals surface area (Å²) < 4.78 is 10.6. The number of hydrogen-bond donors (Lipinski definition) is 2. The monoisotopic (exact) mass is 510 g/mol. The van der Waals surface area contributed by atoms with Gasteiger partial charge in [0.15, 0.2) is 17.0 Å². The van der Waals surface area contributed by atoms with Gasteiger partial charge < -0.3 is 19.7 Å². The zero-order chi connectivity index (χ0) is 27.1. The lowest BCUT2D eigenvalue weighted by Gasteiger charge is -2.52. The van der Waals surface area contributed by atoms with Crippen molar-refractivity contribution in [3.05, 3.63) is 60.9 Å². The lowest BCUT2D eigenvalue weighted by atomic mass is 9.50. The zero-order valence-corrected chi connectivity index (χ0v) is 20.6. The number of rotatable bonds is 5. The van der Waals surface area contributed by atoms with Crippen LogP contribution >= 0.6 is 0 Å². The number of aliphatic carboxylic acids is 1. The first-order chi connectivity index (χ1) is 17.5. The van der Waals surface area contributed by atoms with Crippen molar-refractivity contribution < 1.29 is 43.7 Å². The van der Waals surface area contributed by atoms with E-state index in [1.165, 1.54) is 19.1 Å². The minimum absolute atomic E-state index is 0.295. The molecule has 0 radical (unpaired) electrons. The van der Waals surface area contributed by atoms with Crippen LogP contribution < -0.4 is 0 Å². The summed E-state index contributed by atoms with van der Waals surface area (Å²) in [6.45, 7) is 6.62. The number of carboxylic acid groups (broad SMARTS) is 1. The zero-order valence-electron chi connectivity index (χ0n) is 20.6. The molecule has 0 amide bonds. The number of allylic oxidation sites excluding steroid dienone is 7. The molecule has 9 atom stereocenters. The molecule has 0 aromatic rings. The summed E-state index contributed by atoms with van der Waals surface area (Å²) in [4.78, 5) is 63.1. The number of carboxylic acids is 1. The first-order valence-electron chi connectivity index (χ1n) is 12.3. The SMILES string of the molecule is C=C1OC(=O)C2(C1=O)C(=O)C1[C@H]3C[C@@H](OC(C)=O)[C@H](C)[C@@H](O)[C@@H]3C=C[C@H]1C[C@H]2\C=C/C=C\C=C/C(=O)O. The van der Waals surface area contributed by atoms with E-state index < -0.39 is 70.8 Å². The number of aliphatic hydroxyl groups excluding tert-OH is 1. The third-order valence-electron chi connectivity index (χ3n) is 8.18. The highest BCUT2D eigenvalue weighted by atomic mass is 16.6. The molecule has 2 saturated carbocycles. The number of carbonyl (C=O) groups is 5. The number of cyclic esters (lactones) is 1. The second-order valence-corrected chi connectivity index (χ2v) is 10.2. The quantitative estimate of drug-likeness (QED) is 0.187. The van der Waals surface area contributed by atoms with Gasteiger partial charge >= 0.3 is 17.9 Å². The largest absolute Gasteiger partial charge is 0.478 e. The van der Waals surface area contributed by atoms with Crippen LogP contribution in [0.4, 0.5) is 0 Å². The molecule has 3 aliphatic carbocycles. The lowest BCUT2D eigenvalue weighted by molar-refractivity contribution is -0.169. The number of carbonyl (C=O) groups excluding carboxylic acids is 4. The van der Waals surface area contributed by atoms with Gasteiger partial charge in [-0.2, -0.15) is 0 Å². The minimum Gasteiger partial charge on any atom is -0.478 e. The van der Waals surface area contributed by atoms with Crippen LogP contribution in [0.5, 0.6) is 0 Å². The van der Waals surface area contributed by atoms with E-state index >= 15 is 0 Å². The van der Waals surface area contributed by atoms with Crippen molar-refractivity contribution >= 4 is 29.5 Å². The van der Waals surface area contributed by atoms with Crippen molar-refractivity contribution in [3.63, 3.8) is 0 Å². The molecule has 0 aromatic heterocycles. The Hall–Kier alpha value is -3.59. The minimum atomic E-state index is -2.08. The average molecular weight is 511 g/mol. The van der Waals surface area contributed by atoms with Gasteiger partial charge in [-0.15, -0.1) is 0 Å². The van der Waals surface area contributed by atoms with Gasteiger partial charge in [-0.25, -0.2) is 4.79 Å². The molecule has 1 aliphatic heterocycles. The smallest absolute Gasteiger partial charge is 0.333 e. The molecule has 2 unspecified atom stereocenters. The van der Waals surface area contributed by atoms with Gasteiger partial charge in [-0.3, -0.25) is 19.2 Å². The number of ether oxygens (including phenoxy) is 2. The third kappa shape index (κ3) is 4.41. The first-order valence-corrected chi connectivity index (χ1v) is 12.3. The summed E-state index contributed by atoms with van der Waals surface area (Å²) in [7, 11) is 0. The van der Waals surface area contributed by atoms with Crippen molar-refractivity contribution in [2.75, 3.05) is 0 Å². The molecular formula is C28H30O9. The van der Waals surface area contributed by atoms with Crippen LogP contribution in [0.25, 0.3) is 0 Å². The number of ketones is 2. The van der Waals surface area contributed by atoms with Crippen LogP contribution in [0.3, 0.4) is 0 Å². The molecule has 37 heavy (non-hydrogen) atoms. The molecule has 1 saturated heterocycles. The van der Waals surface area contributed by atoms with Gasteiger partial charge in [0, 0.05) is 36.7 Å². The van der Waals surface area contributed by atoms with Crippen molar-refractivity contribution in [3.8, 4) is 0 Å². The highest BCUT2D eigenvalue weighted by Gasteiger charge is 2.69. The Morgan fingerprint density at radius 1 is 1.14 bits per heavy atom. The molecule has 4 rings (SSSR count). The fourth-order valence-corrected chi connectivity index (χ4v) is 6.48. The van der Waals surface area contributed by atoms with Gasteiger partial charge in [0.05, 0.1) is 6.10 Å². The molecule has 0 aromatic carbocycles. The normalized spacial score (nSPS) is 39.4. The lowest BCUT2D eigenvalue weighted by Crippen LogP contribution is -2.60. The van der Waals surface area contributed by atoms with Gasteiger partial charge in [-0.1, -0.05) is 56.0 Å². The number of fused-ring (bicyclic) bond motifs is 3. The summed E-state index contributed by atoms with van der Waals surface area (Å²) in [5.74, 6) is -7.31. The van der Waals surface area contributed by atoms with Gasteiger partial charge in [0.25, 0.3) is 0 Å². The van der Waals surface area contributed by atoms with Crippen molar-refractivity contribution in [1.82, 2.24) is 0 Å². The maximum atomic E-state index is 14.2. The van der Waals surface area contributed by atoms with E-state index in [0.717, 1.165) is 6.08 Å². The molecular weight excluding hydrogens is 480 g/mol. The number of Topliss-reactive ketones (excluding diaryl/α,β-unsaturated/α-hetero) is 2. The summed E-state index contributed by atoms with van der Waals surface area (Å²) in [5, 5.41) is 19.7. The van der Waals surface area contributed by atoms with E-state index in [1.807, 2.05) is 12.2 Å². The summed E-state index contributed by atoms with van der Waals surface area (Å²) in [6.07, 6.45) is 11.4. The standard InChI is InChI=1S/C28H30O9/c1-14-21(37-16(3)29)13-20-19(24(14)32)11-10-17-12-18(8-6-4-5-7-9-22(30)31)28(26(34)23(17)20)25(33)15(2)36-27(28)35/h4-11,14,17-21,23-24,32H,2,12-13H2,1,3H3,(H,30,31)/b5-4-,8-6-,9-7-/t14-,17-,18+,19+,20-,21+,23?,24+,28?/m0/s1. The second-order valence-electron chi connectivity index (χ2n) is 10.2. The molecule has 0 bridgehead atoms. The number of esters is 2. The van der Waals surface area contributed by atoms with Crippen LogP contribution in [0.2, 0.25) is 0 Å². The predicted octanol–water partition coefficient (Wildman–Crippen LogP) is 2.32. The topological polar surface area (TPSA) is 144 Å². The van der Waals surface area contributed by atoms with E-state index in [4.69, 9.17) is 14.6 Å². The van der Waals surface area contributed by atoms with Gasteiger partial charge in [0.2, 0.25) is 5.78 Å². The third-order valence-corrected chi connectivity index (χ3v) is 8.18. The fraction of sp³-hybridized carbons (Fsp3) is 0.464. The maximum absolute atomic E-state index is 14.2. The molecule has 2 N–H and O–H groups in total. The fourth-order valence-electron chi connectivity index (χ4n) is 6.48. The summed E-state index contributed by atoms with van der Waals surface area (Å²) >= 11 is 0. The molecule has 1 heterocycles. The average Bonchev–Trinajstić information content (AvgIpc) is 3.05. The summed E-state index contributed by atoms with van der Waals surface area (Å²) in [5.41, 5.74) is -2.08. The van der Waals surface area contributed by atoms with Crippen LogP contribution in [-0.4, -0.2) is 51.9 Å². The van der Waals surface area contributed by atoms with E-state index in [0.29, 0.717) is 12.8 Å². The molecule has 3 fully saturated rings. The molecule has 4 aliphatic rings. The Balaban J connectivity index is 1.72. The van der Waals surface area contributed by atoms with Crippen LogP contribution in [0.1, 0.15) is 26.7 Å². The maximum Gasteiger partial charge on any atom is 0.333 e. The Morgan fingerprint density at radius 3 is 2.46 bits per heavy atom. The van der Waals surface area contributed by atoms with E-state index in [9.17, 15) is 29.1 Å². The van der Waals surface area contributed by atoms with Crippen LogP contribution in [0, 0.1) is 40.9 Å².